The highest BCUT2D eigenvalue weighted by molar-refractivity contribution is 7.26. The van der Waals surface area contributed by atoms with Gasteiger partial charge in [-0.15, -0.1) is 34.0 Å². The lowest BCUT2D eigenvalue weighted by atomic mass is 10.0. The van der Waals surface area contributed by atoms with Crippen LogP contribution in [0.15, 0.2) is 522 Å². The van der Waals surface area contributed by atoms with Gasteiger partial charge < -0.3 is 29.4 Å². The largest absolute Gasteiger partial charge is 0.310 e. The third-order valence-corrected chi connectivity index (χ3v) is 29.2. The molecule has 0 unspecified atom stereocenters. The molecule has 0 fully saturated rings. The topological polar surface area (TPSA) is 19.4 Å². The number of hydrogen-bond acceptors (Lipinski definition) is 9. The molecule has 0 saturated heterocycles. The SMILES string of the molecule is c1ccc(-c2ccc(N(c3ccc4c(c3)sc3cc(N(c5ccccc5)c5ccccc5N(c5ccc(-c6ccccc6)cc5)c5cccc6ccccc56)ccc34)c3cccc4ccccc34)cc2)cc1.c1ccc(N(c2ccccc2)c2ccc3c(c2)sc2cc(N(c4ccccc4)c4ccccc4N(c4ccc5ccccc5c4)c4ccc5sc6ccccc6c5c4)ccc23)cc1. The monoisotopic (exact) mass is 1780 g/mol. The van der Waals surface area contributed by atoms with E-state index in [0.717, 1.165) is 102 Å². The van der Waals surface area contributed by atoms with Gasteiger partial charge in [0.05, 0.1) is 34.1 Å². The van der Waals surface area contributed by atoms with E-state index in [1.165, 1.54) is 115 Å². The van der Waals surface area contributed by atoms with Gasteiger partial charge in [0, 0.05) is 140 Å². The Morgan fingerprint density at radius 3 is 0.815 bits per heavy atom. The quantitative estimate of drug-likeness (QED) is 0.0752. The molecule has 0 spiro atoms. The summed E-state index contributed by atoms with van der Waals surface area (Å²) in [4.78, 5) is 14.5. The summed E-state index contributed by atoms with van der Waals surface area (Å²) in [5.41, 5.74) is 24.6. The Morgan fingerprint density at radius 1 is 0.111 bits per heavy atom. The van der Waals surface area contributed by atoms with Crippen LogP contribution in [0.3, 0.4) is 0 Å². The molecule has 0 aliphatic heterocycles. The second-order valence-electron chi connectivity index (χ2n) is 33.9. The standard InChI is InChI=1S/C68H47N3S.C58H39N3S2/c1-4-18-48(19-5-1)50-34-38-55(39-35-50)69(63-32-16-24-52-22-10-12-28-59(52)63)57-42-44-61-62-45-43-58(47-68(62)72-67(61)46-57)70(54-26-8-3-9-27-54)65-30-14-15-31-66(65)71(64-33-17-25-53-23-11-13-29-60(53)64)56-40-36-51(37-41-56)49-20-6-2-7-21-49;1-4-18-42(19-5-1)59(43-20-6-2-7-21-43)47-30-33-50-51-34-31-48(39-58(51)63-57(50)38-47)60(44-22-8-3-9-23-44)53-25-13-14-26-54(53)61(45-29-28-40-16-10-11-17-41(40)36-45)46-32-35-56-52(37-46)49-24-12-15-27-55(49)62-56/h1-47H;1-39H. The van der Waals surface area contributed by atoms with E-state index in [4.69, 9.17) is 0 Å². The zero-order valence-corrected chi connectivity index (χ0v) is 76.0. The lowest BCUT2D eigenvalue weighted by Crippen LogP contribution is -2.17. The van der Waals surface area contributed by atoms with Crippen LogP contribution >= 0.6 is 34.0 Å². The Bertz CT molecular complexity index is 8600. The number of rotatable bonds is 20. The number of benzene rings is 22. The number of hydrogen-bond donors (Lipinski definition) is 0. The molecule has 25 aromatic rings. The molecule has 22 aromatic carbocycles. The van der Waals surface area contributed by atoms with E-state index in [2.05, 4.69) is 551 Å². The van der Waals surface area contributed by atoms with Crippen LogP contribution in [0.25, 0.3) is 115 Å². The van der Waals surface area contributed by atoms with E-state index in [1.54, 1.807) is 0 Å². The van der Waals surface area contributed by atoms with Crippen LogP contribution in [0.2, 0.25) is 0 Å². The van der Waals surface area contributed by atoms with Crippen molar-refractivity contribution in [3.05, 3.63) is 522 Å². The maximum absolute atomic E-state index is 2.44. The summed E-state index contributed by atoms with van der Waals surface area (Å²) in [6.45, 7) is 0. The summed E-state index contributed by atoms with van der Waals surface area (Å²) in [6.07, 6.45) is 0. The smallest absolute Gasteiger partial charge is 0.0702 e. The van der Waals surface area contributed by atoms with Gasteiger partial charge in [0.1, 0.15) is 0 Å². The zero-order chi connectivity index (χ0) is 89.5. The Morgan fingerprint density at radius 2 is 0.363 bits per heavy atom. The van der Waals surface area contributed by atoms with Crippen molar-refractivity contribution in [3.63, 3.8) is 0 Å². The highest BCUT2D eigenvalue weighted by Crippen LogP contribution is 2.54. The second-order valence-corrected chi connectivity index (χ2v) is 37.1. The number of anilines is 18. The van der Waals surface area contributed by atoms with E-state index < -0.39 is 0 Å². The third-order valence-electron chi connectivity index (χ3n) is 25.8. The van der Waals surface area contributed by atoms with Gasteiger partial charge >= 0.3 is 0 Å². The molecule has 135 heavy (non-hydrogen) atoms. The summed E-state index contributed by atoms with van der Waals surface area (Å²) in [5, 5.41) is 14.8. The molecule has 0 amide bonds. The average molecular weight is 1780 g/mol. The lowest BCUT2D eigenvalue weighted by Gasteiger charge is -2.33. The van der Waals surface area contributed by atoms with Gasteiger partial charge in [0.15, 0.2) is 0 Å². The maximum Gasteiger partial charge on any atom is 0.0702 e. The van der Waals surface area contributed by atoms with Gasteiger partial charge in [-0.2, -0.15) is 0 Å². The molecule has 25 rings (SSSR count). The van der Waals surface area contributed by atoms with Crippen LogP contribution in [-0.2, 0) is 0 Å². The first-order chi connectivity index (χ1) is 66.9. The molecule has 3 aromatic heterocycles. The van der Waals surface area contributed by atoms with Crippen LogP contribution in [0.4, 0.5) is 102 Å². The van der Waals surface area contributed by atoms with Crippen molar-refractivity contribution in [1.29, 1.82) is 0 Å². The normalized spacial score (nSPS) is 11.4. The molecule has 3 heterocycles. The van der Waals surface area contributed by atoms with Crippen LogP contribution in [-0.4, -0.2) is 0 Å². The summed E-state index contributed by atoms with van der Waals surface area (Å²) < 4.78 is 7.54. The molecule has 9 heteroatoms. The van der Waals surface area contributed by atoms with Gasteiger partial charge in [-0.1, -0.05) is 328 Å². The molecule has 638 valence electrons. The van der Waals surface area contributed by atoms with Crippen LogP contribution in [0.5, 0.6) is 0 Å². The van der Waals surface area contributed by atoms with Crippen molar-refractivity contribution >= 4 is 229 Å². The summed E-state index contributed by atoms with van der Waals surface area (Å²) >= 11 is 5.55. The highest BCUT2D eigenvalue weighted by atomic mass is 32.1. The predicted molar refractivity (Wildman–Crippen MR) is 583 cm³/mol. The van der Waals surface area contributed by atoms with E-state index in [9.17, 15) is 0 Å². The van der Waals surface area contributed by atoms with Crippen molar-refractivity contribution in [3.8, 4) is 22.3 Å². The molecule has 0 N–H and O–H groups in total. The minimum atomic E-state index is 1.07. The fourth-order valence-corrected chi connectivity index (χ4v) is 22.9. The van der Waals surface area contributed by atoms with E-state index in [0.29, 0.717) is 0 Å². The highest BCUT2D eigenvalue weighted by Gasteiger charge is 2.29. The molecule has 0 radical (unpaired) electrons. The number of nitrogens with zero attached hydrogens (tertiary/aromatic N) is 6. The Balaban J connectivity index is 0.000000149. The van der Waals surface area contributed by atoms with Gasteiger partial charge in [-0.3, -0.25) is 0 Å². The lowest BCUT2D eigenvalue weighted by molar-refractivity contribution is 1.23. The van der Waals surface area contributed by atoms with Crippen molar-refractivity contribution in [2.75, 3.05) is 29.4 Å². The first-order valence-corrected chi connectivity index (χ1v) is 48.2. The summed E-state index contributed by atoms with van der Waals surface area (Å²) in [7, 11) is 0. The molecule has 0 atom stereocenters. The van der Waals surface area contributed by atoms with E-state index >= 15 is 0 Å². The fourth-order valence-electron chi connectivity index (χ4n) is 19.5. The average Bonchev–Trinajstić information content (AvgIpc) is 1.13. The maximum atomic E-state index is 2.44. The Labute approximate surface area is 796 Å². The molecule has 6 nitrogen and oxygen atoms in total. The summed E-state index contributed by atoms with van der Waals surface area (Å²) in [5.74, 6) is 0. The minimum Gasteiger partial charge on any atom is -0.310 e. The first kappa shape index (κ1) is 81.3. The van der Waals surface area contributed by atoms with Gasteiger partial charge in [-0.05, 0) is 238 Å². The Kier molecular flexibility index (Phi) is 21.5. The van der Waals surface area contributed by atoms with Gasteiger partial charge in [0.25, 0.3) is 0 Å². The van der Waals surface area contributed by atoms with E-state index in [-0.39, 0.29) is 0 Å². The Hall–Kier alpha value is -16.9. The van der Waals surface area contributed by atoms with Crippen molar-refractivity contribution in [2.45, 2.75) is 0 Å². The molecular formula is C126H86N6S3. The zero-order valence-electron chi connectivity index (χ0n) is 73.6. The summed E-state index contributed by atoms with van der Waals surface area (Å²) in [6, 6.07) is 189. The molecule has 0 bridgehead atoms. The van der Waals surface area contributed by atoms with Crippen molar-refractivity contribution in [1.82, 2.24) is 0 Å². The first-order valence-electron chi connectivity index (χ1n) is 45.7. The van der Waals surface area contributed by atoms with E-state index in [1.807, 2.05) is 34.0 Å². The van der Waals surface area contributed by atoms with Crippen LogP contribution < -0.4 is 29.4 Å². The molecule has 0 saturated carbocycles. The van der Waals surface area contributed by atoms with Crippen LogP contribution in [0, 0.1) is 0 Å². The minimum absolute atomic E-state index is 1.07. The molecule has 0 aliphatic carbocycles. The number of fused-ring (bicyclic) bond motifs is 12. The predicted octanol–water partition coefficient (Wildman–Crippen LogP) is 38.1. The number of thiophene rings is 3. The molecule has 0 aliphatic rings. The fraction of sp³-hybridized carbons (Fsp3) is 0. The van der Waals surface area contributed by atoms with Crippen molar-refractivity contribution in [2.24, 2.45) is 0 Å². The third kappa shape index (κ3) is 15.6. The van der Waals surface area contributed by atoms with Crippen molar-refractivity contribution < 1.29 is 0 Å². The van der Waals surface area contributed by atoms with Crippen LogP contribution in [0.1, 0.15) is 0 Å². The van der Waals surface area contributed by atoms with Gasteiger partial charge in [-0.25, -0.2) is 0 Å². The second kappa shape index (κ2) is 35.7. The molecular weight excluding hydrogens is 1690 g/mol. The van der Waals surface area contributed by atoms with Gasteiger partial charge in [0.2, 0.25) is 0 Å². The number of para-hydroxylation sites is 8.